The summed E-state index contributed by atoms with van der Waals surface area (Å²) in [5.41, 5.74) is 5.09. The van der Waals surface area contributed by atoms with Gasteiger partial charge in [-0.15, -0.1) is 0 Å². The van der Waals surface area contributed by atoms with Crippen molar-refractivity contribution in [2.24, 2.45) is 0 Å². The first-order valence-electron chi connectivity index (χ1n) is 7.72. The van der Waals surface area contributed by atoms with Crippen molar-refractivity contribution in [3.05, 3.63) is 51.8 Å². The number of nitrogens with one attached hydrogen (secondary N) is 1. The van der Waals surface area contributed by atoms with Crippen LogP contribution in [-0.4, -0.2) is 16.3 Å². The first kappa shape index (κ1) is 16.1. The molecule has 1 aromatic heterocycles. The van der Waals surface area contributed by atoms with Crippen molar-refractivity contribution in [2.45, 2.75) is 46.7 Å². The lowest BCUT2D eigenvalue weighted by molar-refractivity contribution is 0.637. The molecule has 0 spiro atoms. The molecule has 0 aliphatic heterocycles. The van der Waals surface area contributed by atoms with E-state index in [2.05, 4.69) is 36.8 Å². The van der Waals surface area contributed by atoms with Crippen molar-refractivity contribution in [3.63, 3.8) is 0 Å². The lowest BCUT2D eigenvalue weighted by Crippen LogP contribution is -2.14. The monoisotopic (exact) mass is 305 g/mol. The van der Waals surface area contributed by atoms with Crippen LogP contribution in [0.25, 0.3) is 0 Å². The summed E-state index contributed by atoms with van der Waals surface area (Å²) in [5.74, 6) is 0. The predicted molar refractivity (Wildman–Crippen MR) is 88.9 cm³/mol. The van der Waals surface area contributed by atoms with E-state index in [1.54, 1.807) is 0 Å². The molecule has 0 bridgehead atoms. The van der Waals surface area contributed by atoms with E-state index in [0.29, 0.717) is 0 Å². The van der Waals surface area contributed by atoms with Crippen LogP contribution < -0.4 is 5.32 Å². The first-order chi connectivity index (χ1) is 10.2. The van der Waals surface area contributed by atoms with E-state index in [1.807, 2.05) is 18.2 Å². The molecular weight excluding hydrogens is 282 g/mol. The summed E-state index contributed by atoms with van der Waals surface area (Å²) in [6.07, 6.45) is 1.96. The zero-order valence-corrected chi connectivity index (χ0v) is 13.9. The zero-order valence-electron chi connectivity index (χ0n) is 13.1. The molecule has 0 fully saturated rings. The Hall–Kier alpha value is -1.32. The van der Waals surface area contributed by atoms with Gasteiger partial charge in [0, 0.05) is 22.8 Å². The Labute approximate surface area is 132 Å². The molecule has 0 radical (unpaired) electrons. The summed E-state index contributed by atoms with van der Waals surface area (Å²) in [5, 5.41) is 9.02. The highest BCUT2D eigenvalue weighted by atomic mass is 35.5. The van der Waals surface area contributed by atoms with Crippen molar-refractivity contribution in [3.8, 4) is 0 Å². The minimum atomic E-state index is 0.779. The molecule has 3 nitrogen and oxygen atoms in total. The molecule has 0 saturated heterocycles. The number of aromatic nitrogens is 2. The number of aryl methyl sites for hydroxylation is 1. The third-order valence-electron chi connectivity index (χ3n) is 3.69. The topological polar surface area (TPSA) is 29.9 Å². The predicted octanol–water partition coefficient (Wildman–Crippen LogP) is 3.82. The summed E-state index contributed by atoms with van der Waals surface area (Å²) in [7, 11) is 0. The van der Waals surface area contributed by atoms with Gasteiger partial charge in [-0.3, -0.25) is 4.68 Å². The Morgan fingerprint density at radius 2 is 2.00 bits per heavy atom. The van der Waals surface area contributed by atoms with Crippen LogP contribution in [0.3, 0.4) is 0 Å². The van der Waals surface area contributed by atoms with E-state index >= 15 is 0 Å². The van der Waals surface area contributed by atoms with Gasteiger partial charge in [-0.1, -0.05) is 44.5 Å². The summed E-state index contributed by atoms with van der Waals surface area (Å²) >= 11 is 6.08. The standard InChI is InChI=1S/C17H24ClN3/c1-4-16-15(11-19-6-3)17(5-2)21(20-16)12-13-8-7-9-14(18)10-13/h7-10,19H,4-6,11-12H2,1-3H3. The van der Waals surface area contributed by atoms with Crippen LogP contribution in [0.15, 0.2) is 24.3 Å². The minimum Gasteiger partial charge on any atom is -0.313 e. The van der Waals surface area contributed by atoms with Gasteiger partial charge < -0.3 is 5.32 Å². The molecule has 0 aliphatic carbocycles. The highest BCUT2D eigenvalue weighted by Gasteiger charge is 2.15. The molecule has 2 rings (SSSR count). The number of benzene rings is 1. The fourth-order valence-electron chi connectivity index (χ4n) is 2.66. The van der Waals surface area contributed by atoms with Crippen LogP contribution in [-0.2, 0) is 25.9 Å². The molecule has 0 unspecified atom stereocenters. The van der Waals surface area contributed by atoms with Gasteiger partial charge in [-0.05, 0) is 37.1 Å². The second kappa shape index (κ2) is 7.62. The van der Waals surface area contributed by atoms with Crippen molar-refractivity contribution in [1.29, 1.82) is 0 Å². The summed E-state index contributed by atoms with van der Waals surface area (Å²) in [6, 6.07) is 8.01. The maximum absolute atomic E-state index is 6.08. The van der Waals surface area contributed by atoms with Crippen molar-refractivity contribution in [2.75, 3.05) is 6.54 Å². The van der Waals surface area contributed by atoms with Gasteiger partial charge in [0.2, 0.25) is 0 Å². The molecule has 0 atom stereocenters. The second-order valence-electron chi connectivity index (χ2n) is 5.15. The van der Waals surface area contributed by atoms with Gasteiger partial charge in [0.05, 0.1) is 12.2 Å². The average molecular weight is 306 g/mol. The van der Waals surface area contributed by atoms with Gasteiger partial charge in [-0.25, -0.2) is 0 Å². The highest BCUT2D eigenvalue weighted by molar-refractivity contribution is 6.30. The van der Waals surface area contributed by atoms with E-state index in [4.69, 9.17) is 16.7 Å². The van der Waals surface area contributed by atoms with Gasteiger partial charge in [-0.2, -0.15) is 5.10 Å². The van der Waals surface area contributed by atoms with Gasteiger partial charge >= 0.3 is 0 Å². The molecule has 0 aliphatic rings. The normalized spacial score (nSPS) is 11.0. The number of halogens is 1. The Morgan fingerprint density at radius 1 is 1.19 bits per heavy atom. The van der Waals surface area contributed by atoms with E-state index in [9.17, 15) is 0 Å². The van der Waals surface area contributed by atoms with Crippen LogP contribution >= 0.6 is 11.6 Å². The lowest BCUT2D eigenvalue weighted by atomic mass is 10.1. The Kier molecular flexibility index (Phi) is 5.83. The molecule has 0 amide bonds. The molecule has 4 heteroatoms. The quantitative estimate of drug-likeness (QED) is 0.843. The van der Waals surface area contributed by atoms with Crippen LogP contribution in [0.1, 0.15) is 43.3 Å². The summed E-state index contributed by atoms with van der Waals surface area (Å²) in [6.45, 7) is 9.15. The second-order valence-corrected chi connectivity index (χ2v) is 5.58. The molecule has 114 valence electrons. The van der Waals surface area contributed by atoms with E-state index in [0.717, 1.165) is 37.5 Å². The van der Waals surface area contributed by atoms with Crippen molar-refractivity contribution < 1.29 is 0 Å². The fourth-order valence-corrected chi connectivity index (χ4v) is 2.87. The van der Waals surface area contributed by atoms with Crippen LogP contribution in [0.4, 0.5) is 0 Å². The van der Waals surface area contributed by atoms with Crippen molar-refractivity contribution >= 4 is 11.6 Å². The summed E-state index contributed by atoms with van der Waals surface area (Å²) < 4.78 is 2.14. The van der Waals surface area contributed by atoms with E-state index in [1.165, 1.54) is 22.5 Å². The molecule has 21 heavy (non-hydrogen) atoms. The van der Waals surface area contributed by atoms with Gasteiger partial charge in [0.15, 0.2) is 0 Å². The Morgan fingerprint density at radius 3 is 2.62 bits per heavy atom. The third-order valence-corrected chi connectivity index (χ3v) is 3.93. The molecule has 1 heterocycles. The molecule has 2 aromatic rings. The van der Waals surface area contributed by atoms with Crippen LogP contribution in [0, 0.1) is 0 Å². The smallest absolute Gasteiger partial charge is 0.0669 e. The number of hydrogen-bond acceptors (Lipinski definition) is 2. The third kappa shape index (κ3) is 3.86. The van der Waals surface area contributed by atoms with E-state index in [-0.39, 0.29) is 0 Å². The molecule has 1 N–H and O–H groups in total. The lowest BCUT2D eigenvalue weighted by Gasteiger charge is -2.09. The maximum Gasteiger partial charge on any atom is 0.0669 e. The summed E-state index contributed by atoms with van der Waals surface area (Å²) in [4.78, 5) is 0. The van der Waals surface area contributed by atoms with Crippen LogP contribution in [0.5, 0.6) is 0 Å². The molecule has 1 aromatic carbocycles. The zero-order chi connectivity index (χ0) is 15.2. The number of rotatable bonds is 7. The Balaban J connectivity index is 2.32. The first-order valence-corrected chi connectivity index (χ1v) is 8.09. The molecule has 0 saturated carbocycles. The molecular formula is C17H24ClN3. The minimum absolute atomic E-state index is 0.779. The average Bonchev–Trinajstić information content (AvgIpc) is 2.81. The van der Waals surface area contributed by atoms with Gasteiger partial charge in [0.25, 0.3) is 0 Å². The maximum atomic E-state index is 6.08. The SMILES string of the molecule is CCNCc1c(CC)nn(Cc2cccc(Cl)c2)c1CC. The largest absolute Gasteiger partial charge is 0.313 e. The fraction of sp³-hybridized carbons (Fsp3) is 0.471. The van der Waals surface area contributed by atoms with Crippen LogP contribution in [0.2, 0.25) is 5.02 Å². The number of nitrogens with zero attached hydrogens (tertiary/aromatic N) is 2. The van der Waals surface area contributed by atoms with Crippen molar-refractivity contribution in [1.82, 2.24) is 15.1 Å². The Bertz CT molecular complexity index is 590. The highest BCUT2D eigenvalue weighted by Crippen LogP contribution is 2.19. The van der Waals surface area contributed by atoms with Gasteiger partial charge in [0.1, 0.15) is 0 Å². The van der Waals surface area contributed by atoms with E-state index < -0.39 is 0 Å². The number of hydrogen-bond donors (Lipinski definition) is 1.